The summed E-state index contributed by atoms with van der Waals surface area (Å²) >= 11 is 0. The molecule has 2 rings (SSSR count). The normalized spacial score (nSPS) is 10.9. The number of aliphatic imine (C=N–C) groups is 1. The Bertz CT molecular complexity index is 736. The first kappa shape index (κ1) is 18.7. The fraction of sp³-hybridized carbons (Fsp3) is 0.333. The Labute approximate surface area is 150 Å². The number of ether oxygens (including phenoxy) is 1. The van der Waals surface area contributed by atoms with E-state index in [2.05, 4.69) is 18.8 Å². The van der Waals surface area contributed by atoms with E-state index in [1.54, 1.807) is 6.07 Å². The summed E-state index contributed by atoms with van der Waals surface area (Å²) in [6.45, 7) is 7.33. The van der Waals surface area contributed by atoms with Gasteiger partial charge in [-0.25, -0.2) is 9.79 Å². The molecule has 0 N–H and O–H groups in total. The molecule has 0 aliphatic rings. The molecule has 0 aliphatic carbocycles. The van der Waals surface area contributed by atoms with E-state index in [1.165, 1.54) is 5.56 Å². The highest BCUT2D eigenvalue weighted by Gasteiger charge is 2.10. The van der Waals surface area contributed by atoms with Gasteiger partial charge in [-0.1, -0.05) is 36.8 Å². The first-order valence-electron chi connectivity index (χ1n) is 8.63. The predicted molar refractivity (Wildman–Crippen MR) is 103 cm³/mol. The van der Waals surface area contributed by atoms with Gasteiger partial charge in [0.1, 0.15) is 6.61 Å². The van der Waals surface area contributed by atoms with Crippen molar-refractivity contribution in [2.75, 3.05) is 13.6 Å². The van der Waals surface area contributed by atoms with Crippen molar-refractivity contribution in [2.45, 2.75) is 33.8 Å². The van der Waals surface area contributed by atoms with Crippen LogP contribution in [0.15, 0.2) is 47.5 Å². The molecule has 0 radical (unpaired) electrons. The molecule has 0 atom stereocenters. The van der Waals surface area contributed by atoms with Crippen LogP contribution in [0.25, 0.3) is 0 Å². The summed E-state index contributed by atoms with van der Waals surface area (Å²) in [5.74, 6) is -0.309. The van der Waals surface area contributed by atoms with Crippen molar-refractivity contribution in [3.8, 4) is 0 Å². The molecule has 0 aromatic heterocycles. The van der Waals surface area contributed by atoms with Crippen LogP contribution in [-0.4, -0.2) is 30.8 Å². The molecule has 4 nitrogen and oxygen atoms in total. The number of aryl methyl sites for hydroxylation is 2. The molecule has 0 bridgehead atoms. The minimum Gasteiger partial charge on any atom is -0.457 e. The topological polar surface area (TPSA) is 41.9 Å². The Balaban J connectivity index is 2.06. The smallest absolute Gasteiger partial charge is 0.338 e. The maximum atomic E-state index is 12.3. The molecule has 0 aliphatic heterocycles. The SMILES string of the molecule is CCc1cc(C(=O)OCc2ccc(C)cc2)ccc1/N=C/N(C)CC. The lowest BCUT2D eigenvalue weighted by Gasteiger charge is -2.11. The number of carbonyl (C=O) groups excluding carboxylic acids is 1. The zero-order valence-corrected chi connectivity index (χ0v) is 15.5. The molecule has 0 saturated carbocycles. The minimum atomic E-state index is -0.309. The largest absolute Gasteiger partial charge is 0.457 e. The van der Waals surface area contributed by atoms with Crippen LogP contribution >= 0.6 is 0 Å². The van der Waals surface area contributed by atoms with Crippen molar-refractivity contribution in [1.29, 1.82) is 0 Å². The summed E-state index contributed by atoms with van der Waals surface area (Å²) in [5.41, 5.74) is 4.65. The van der Waals surface area contributed by atoms with Crippen LogP contribution < -0.4 is 0 Å². The van der Waals surface area contributed by atoms with Gasteiger partial charge in [-0.15, -0.1) is 0 Å². The molecular formula is C21H26N2O2. The van der Waals surface area contributed by atoms with Crippen LogP contribution in [0, 0.1) is 6.92 Å². The monoisotopic (exact) mass is 338 g/mol. The van der Waals surface area contributed by atoms with E-state index >= 15 is 0 Å². The van der Waals surface area contributed by atoms with E-state index in [4.69, 9.17) is 4.74 Å². The molecule has 0 heterocycles. The maximum absolute atomic E-state index is 12.3. The van der Waals surface area contributed by atoms with Crippen LogP contribution in [0.4, 0.5) is 5.69 Å². The number of nitrogens with zero attached hydrogens (tertiary/aromatic N) is 2. The first-order valence-corrected chi connectivity index (χ1v) is 8.63. The lowest BCUT2D eigenvalue weighted by atomic mass is 10.1. The second kappa shape index (κ2) is 9.02. The van der Waals surface area contributed by atoms with Crippen molar-refractivity contribution in [3.05, 3.63) is 64.7 Å². The molecule has 2 aromatic rings. The molecule has 0 amide bonds. The van der Waals surface area contributed by atoms with Gasteiger partial charge in [0.05, 0.1) is 17.6 Å². The zero-order chi connectivity index (χ0) is 18.2. The lowest BCUT2D eigenvalue weighted by Crippen LogP contribution is -2.14. The van der Waals surface area contributed by atoms with Crippen molar-refractivity contribution in [1.82, 2.24) is 4.90 Å². The van der Waals surface area contributed by atoms with E-state index in [9.17, 15) is 4.79 Å². The van der Waals surface area contributed by atoms with Crippen LogP contribution in [0.5, 0.6) is 0 Å². The Morgan fingerprint density at radius 2 is 1.88 bits per heavy atom. The molecule has 0 fully saturated rings. The fourth-order valence-electron chi connectivity index (χ4n) is 2.28. The number of carbonyl (C=O) groups is 1. The van der Waals surface area contributed by atoms with Gasteiger partial charge in [-0.05, 0) is 49.6 Å². The highest BCUT2D eigenvalue weighted by atomic mass is 16.5. The van der Waals surface area contributed by atoms with Crippen LogP contribution in [0.2, 0.25) is 0 Å². The number of hydrogen-bond donors (Lipinski definition) is 0. The Morgan fingerprint density at radius 1 is 1.16 bits per heavy atom. The second-order valence-electron chi connectivity index (χ2n) is 6.08. The van der Waals surface area contributed by atoms with Gasteiger partial charge in [0.25, 0.3) is 0 Å². The summed E-state index contributed by atoms with van der Waals surface area (Å²) in [7, 11) is 1.98. The second-order valence-corrected chi connectivity index (χ2v) is 6.08. The standard InChI is InChI=1S/C21H26N2O2/c1-5-18-13-19(11-12-20(18)22-15-23(4)6-2)21(24)25-14-17-9-7-16(3)8-10-17/h7-13,15H,5-6,14H2,1-4H3/b22-15+. The third kappa shape index (κ3) is 5.45. The van der Waals surface area contributed by atoms with Crippen LogP contribution in [0.1, 0.15) is 40.9 Å². The van der Waals surface area contributed by atoms with Crippen LogP contribution in [-0.2, 0) is 17.8 Å². The van der Waals surface area contributed by atoms with Gasteiger partial charge < -0.3 is 9.64 Å². The summed E-state index contributed by atoms with van der Waals surface area (Å²) < 4.78 is 5.42. The zero-order valence-electron chi connectivity index (χ0n) is 15.5. The van der Waals surface area contributed by atoms with E-state index in [0.29, 0.717) is 5.56 Å². The van der Waals surface area contributed by atoms with Gasteiger partial charge in [-0.3, -0.25) is 0 Å². The number of rotatable bonds is 7. The summed E-state index contributed by atoms with van der Waals surface area (Å²) in [5, 5.41) is 0. The molecule has 0 saturated heterocycles. The molecule has 4 heteroatoms. The Kier molecular flexibility index (Phi) is 6.75. The van der Waals surface area contributed by atoms with E-state index in [1.807, 2.05) is 61.6 Å². The first-order chi connectivity index (χ1) is 12.0. The van der Waals surface area contributed by atoms with E-state index in [0.717, 1.165) is 29.8 Å². The minimum absolute atomic E-state index is 0.280. The third-order valence-corrected chi connectivity index (χ3v) is 4.08. The Hall–Kier alpha value is -2.62. The number of hydrogen-bond acceptors (Lipinski definition) is 3. The summed E-state index contributed by atoms with van der Waals surface area (Å²) in [4.78, 5) is 18.8. The van der Waals surface area contributed by atoms with Crippen LogP contribution in [0.3, 0.4) is 0 Å². The molecule has 0 unspecified atom stereocenters. The fourth-order valence-corrected chi connectivity index (χ4v) is 2.28. The molecular weight excluding hydrogens is 312 g/mol. The average molecular weight is 338 g/mol. The molecule has 132 valence electrons. The predicted octanol–water partition coefficient (Wildman–Crippen LogP) is 4.53. The average Bonchev–Trinajstić information content (AvgIpc) is 2.65. The third-order valence-electron chi connectivity index (χ3n) is 4.08. The molecule has 25 heavy (non-hydrogen) atoms. The summed E-state index contributed by atoms with van der Waals surface area (Å²) in [6.07, 6.45) is 2.62. The van der Waals surface area contributed by atoms with E-state index in [-0.39, 0.29) is 12.6 Å². The quantitative estimate of drug-likeness (QED) is 0.423. The van der Waals surface area contributed by atoms with Gasteiger partial charge in [0, 0.05) is 13.6 Å². The van der Waals surface area contributed by atoms with Gasteiger partial charge in [0.2, 0.25) is 0 Å². The van der Waals surface area contributed by atoms with Gasteiger partial charge in [0.15, 0.2) is 0 Å². The maximum Gasteiger partial charge on any atom is 0.338 e. The van der Waals surface area contributed by atoms with Crippen molar-refractivity contribution < 1.29 is 9.53 Å². The van der Waals surface area contributed by atoms with E-state index < -0.39 is 0 Å². The number of esters is 1. The van der Waals surface area contributed by atoms with Gasteiger partial charge >= 0.3 is 5.97 Å². The number of benzene rings is 2. The van der Waals surface area contributed by atoms with Crippen molar-refractivity contribution in [2.24, 2.45) is 4.99 Å². The highest BCUT2D eigenvalue weighted by Crippen LogP contribution is 2.22. The Morgan fingerprint density at radius 3 is 2.52 bits per heavy atom. The van der Waals surface area contributed by atoms with Crippen molar-refractivity contribution >= 4 is 18.0 Å². The van der Waals surface area contributed by atoms with Gasteiger partial charge in [-0.2, -0.15) is 0 Å². The summed E-state index contributed by atoms with van der Waals surface area (Å²) in [6, 6.07) is 13.5. The lowest BCUT2D eigenvalue weighted by molar-refractivity contribution is 0.0472. The van der Waals surface area contributed by atoms with Crippen molar-refractivity contribution in [3.63, 3.8) is 0 Å². The highest BCUT2D eigenvalue weighted by molar-refractivity contribution is 5.90. The molecule has 2 aromatic carbocycles. The molecule has 0 spiro atoms.